The Morgan fingerprint density at radius 3 is 2.58 bits per heavy atom. The van der Waals surface area contributed by atoms with E-state index in [1.165, 1.54) is 11.1 Å². The SMILES string of the molecule is Cc1cc(C)cc(NC(N)=NCc2ccccn2)c1. The zero-order valence-electron chi connectivity index (χ0n) is 11.2. The van der Waals surface area contributed by atoms with Crippen LogP contribution in [0.25, 0.3) is 0 Å². The summed E-state index contributed by atoms with van der Waals surface area (Å²) in [6, 6.07) is 11.9. The van der Waals surface area contributed by atoms with Crippen molar-refractivity contribution in [2.45, 2.75) is 20.4 Å². The second kappa shape index (κ2) is 6.00. The van der Waals surface area contributed by atoms with Gasteiger partial charge in [-0.3, -0.25) is 4.98 Å². The molecular formula is C15H18N4. The molecule has 98 valence electrons. The van der Waals surface area contributed by atoms with Crippen LogP contribution in [0.1, 0.15) is 16.8 Å². The topological polar surface area (TPSA) is 63.3 Å². The molecule has 0 atom stereocenters. The lowest BCUT2D eigenvalue weighted by molar-refractivity contribution is 0.985. The van der Waals surface area contributed by atoms with Gasteiger partial charge in [0.05, 0.1) is 12.2 Å². The number of aryl methyl sites for hydroxylation is 2. The number of pyridine rings is 1. The van der Waals surface area contributed by atoms with Gasteiger partial charge < -0.3 is 11.1 Å². The number of hydrogen-bond donors (Lipinski definition) is 2. The highest BCUT2D eigenvalue weighted by molar-refractivity contribution is 5.92. The van der Waals surface area contributed by atoms with Crippen LogP contribution in [0.5, 0.6) is 0 Å². The van der Waals surface area contributed by atoms with E-state index in [1.54, 1.807) is 6.20 Å². The Kier molecular flexibility index (Phi) is 4.13. The lowest BCUT2D eigenvalue weighted by Crippen LogP contribution is -2.22. The van der Waals surface area contributed by atoms with Gasteiger partial charge in [0.15, 0.2) is 5.96 Å². The van der Waals surface area contributed by atoms with Crippen LogP contribution in [-0.2, 0) is 6.54 Å². The summed E-state index contributed by atoms with van der Waals surface area (Å²) in [7, 11) is 0. The molecule has 0 aliphatic heterocycles. The highest BCUT2D eigenvalue weighted by Crippen LogP contribution is 2.13. The molecule has 0 saturated heterocycles. The molecule has 0 aliphatic rings. The van der Waals surface area contributed by atoms with Crippen molar-refractivity contribution in [1.82, 2.24) is 4.98 Å². The Balaban J connectivity index is 2.02. The lowest BCUT2D eigenvalue weighted by atomic mass is 10.1. The number of anilines is 1. The van der Waals surface area contributed by atoms with Crippen LogP contribution in [0, 0.1) is 13.8 Å². The largest absolute Gasteiger partial charge is 0.370 e. The van der Waals surface area contributed by atoms with Crippen LogP contribution in [0.4, 0.5) is 5.69 Å². The number of aliphatic imine (C=N–C) groups is 1. The second-order valence-corrected chi connectivity index (χ2v) is 4.52. The molecule has 2 aromatic rings. The third kappa shape index (κ3) is 4.10. The maximum Gasteiger partial charge on any atom is 0.193 e. The van der Waals surface area contributed by atoms with Gasteiger partial charge in [-0.25, -0.2) is 4.99 Å². The van der Waals surface area contributed by atoms with Crippen LogP contribution in [0.3, 0.4) is 0 Å². The molecular weight excluding hydrogens is 236 g/mol. The molecule has 0 radical (unpaired) electrons. The first kappa shape index (κ1) is 13.1. The highest BCUT2D eigenvalue weighted by Gasteiger charge is 1.98. The zero-order chi connectivity index (χ0) is 13.7. The summed E-state index contributed by atoms with van der Waals surface area (Å²) in [6.07, 6.45) is 1.75. The van der Waals surface area contributed by atoms with Gasteiger partial charge in [-0.1, -0.05) is 12.1 Å². The third-order valence-electron chi connectivity index (χ3n) is 2.63. The van der Waals surface area contributed by atoms with E-state index >= 15 is 0 Å². The van der Waals surface area contributed by atoms with Crippen molar-refractivity contribution in [3.8, 4) is 0 Å². The fourth-order valence-corrected chi connectivity index (χ4v) is 1.89. The minimum atomic E-state index is 0.399. The second-order valence-electron chi connectivity index (χ2n) is 4.52. The fraction of sp³-hybridized carbons (Fsp3) is 0.200. The standard InChI is InChI=1S/C15H18N4/c1-11-7-12(2)9-14(8-11)19-15(16)18-10-13-5-3-4-6-17-13/h3-9H,10H2,1-2H3,(H3,16,18,19). The van der Waals surface area contributed by atoms with E-state index in [4.69, 9.17) is 5.73 Å². The van der Waals surface area contributed by atoms with E-state index in [0.29, 0.717) is 12.5 Å². The molecule has 19 heavy (non-hydrogen) atoms. The molecule has 0 saturated carbocycles. The summed E-state index contributed by atoms with van der Waals surface area (Å²) < 4.78 is 0. The van der Waals surface area contributed by atoms with Crippen molar-refractivity contribution in [3.63, 3.8) is 0 Å². The number of hydrogen-bond acceptors (Lipinski definition) is 2. The Labute approximate surface area is 113 Å². The quantitative estimate of drug-likeness (QED) is 0.653. The van der Waals surface area contributed by atoms with Gasteiger partial charge in [-0.05, 0) is 49.2 Å². The minimum Gasteiger partial charge on any atom is -0.370 e. The van der Waals surface area contributed by atoms with Crippen LogP contribution in [0.2, 0.25) is 0 Å². The van der Waals surface area contributed by atoms with Gasteiger partial charge in [-0.2, -0.15) is 0 Å². The molecule has 3 N–H and O–H groups in total. The number of guanidine groups is 1. The van der Waals surface area contributed by atoms with Gasteiger partial charge in [0.25, 0.3) is 0 Å². The van der Waals surface area contributed by atoms with E-state index in [-0.39, 0.29) is 0 Å². The maximum absolute atomic E-state index is 5.86. The van der Waals surface area contributed by atoms with Crippen LogP contribution in [-0.4, -0.2) is 10.9 Å². The molecule has 0 fully saturated rings. The van der Waals surface area contributed by atoms with E-state index in [9.17, 15) is 0 Å². The normalized spacial score (nSPS) is 11.4. The van der Waals surface area contributed by atoms with Crippen LogP contribution >= 0.6 is 0 Å². The molecule has 0 amide bonds. The summed E-state index contributed by atoms with van der Waals surface area (Å²) in [5, 5.41) is 3.09. The van der Waals surface area contributed by atoms with Gasteiger partial charge in [-0.15, -0.1) is 0 Å². The van der Waals surface area contributed by atoms with Crippen LogP contribution < -0.4 is 11.1 Å². The first-order valence-corrected chi connectivity index (χ1v) is 6.18. The molecule has 0 aliphatic carbocycles. The van der Waals surface area contributed by atoms with Crippen molar-refractivity contribution in [3.05, 3.63) is 59.4 Å². The average molecular weight is 254 g/mol. The predicted molar refractivity (Wildman–Crippen MR) is 79.1 cm³/mol. The van der Waals surface area contributed by atoms with Gasteiger partial charge in [0.1, 0.15) is 0 Å². The van der Waals surface area contributed by atoms with Crippen molar-refractivity contribution >= 4 is 11.6 Å². The molecule has 4 nitrogen and oxygen atoms in total. The molecule has 0 unspecified atom stereocenters. The number of benzene rings is 1. The number of nitrogens with one attached hydrogen (secondary N) is 1. The maximum atomic E-state index is 5.86. The van der Waals surface area contributed by atoms with Gasteiger partial charge >= 0.3 is 0 Å². The first-order chi connectivity index (χ1) is 9.13. The van der Waals surface area contributed by atoms with Gasteiger partial charge in [0, 0.05) is 11.9 Å². The zero-order valence-corrected chi connectivity index (χ0v) is 11.2. The molecule has 4 heteroatoms. The molecule has 2 rings (SSSR count). The summed E-state index contributed by atoms with van der Waals surface area (Å²) in [5.74, 6) is 0.399. The Hall–Kier alpha value is -2.36. The smallest absolute Gasteiger partial charge is 0.193 e. The molecule has 1 aromatic carbocycles. The fourth-order valence-electron chi connectivity index (χ4n) is 1.89. The number of rotatable bonds is 3. The van der Waals surface area contributed by atoms with E-state index in [1.807, 2.05) is 30.3 Å². The molecule has 0 bridgehead atoms. The highest BCUT2D eigenvalue weighted by atomic mass is 15.1. The summed E-state index contributed by atoms with van der Waals surface area (Å²) in [4.78, 5) is 8.47. The van der Waals surface area contributed by atoms with E-state index < -0.39 is 0 Å². The van der Waals surface area contributed by atoms with Crippen LogP contribution in [0.15, 0.2) is 47.6 Å². The number of aromatic nitrogens is 1. The monoisotopic (exact) mass is 254 g/mol. The number of nitrogens with zero attached hydrogens (tertiary/aromatic N) is 2. The van der Waals surface area contributed by atoms with Crippen molar-refractivity contribution in [1.29, 1.82) is 0 Å². The molecule has 1 aromatic heterocycles. The van der Waals surface area contributed by atoms with Gasteiger partial charge in [0.2, 0.25) is 0 Å². The Bertz CT molecular complexity index is 556. The Morgan fingerprint density at radius 1 is 1.21 bits per heavy atom. The lowest BCUT2D eigenvalue weighted by Gasteiger charge is -2.07. The average Bonchev–Trinajstić information content (AvgIpc) is 2.36. The summed E-state index contributed by atoms with van der Waals surface area (Å²) in [5.41, 5.74) is 10.1. The third-order valence-corrected chi connectivity index (χ3v) is 2.63. The summed E-state index contributed by atoms with van der Waals surface area (Å²) >= 11 is 0. The minimum absolute atomic E-state index is 0.399. The predicted octanol–water partition coefficient (Wildman–Crippen LogP) is 2.63. The molecule has 0 spiro atoms. The van der Waals surface area contributed by atoms with E-state index in [2.05, 4.69) is 35.2 Å². The Morgan fingerprint density at radius 2 is 1.95 bits per heavy atom. The van der Waals surface area contributed by atoms with E-state index in [0.717, 1.165) is 11.4 Å². The van der Waals surface area contributed by atoms with Crippen molar-refractivity contribution in [2.75, 3.05) is 5.32 Å². The van der Waals surface area contributed by atoms with Crippen molar-refractivity contribution in [2.24, 2.45) is 10.7 Å². The summed E-state index contributed by atoms with van der Waals surface area (Å²) in [6.45, 7) is 4.59. The molecule has 1 heterocycles. The van der Waals surface area contributed by atoms with Crippen molar-refractivity contribution < 1.29 is 0 Å². The number of nitrogens with two attached hydrogens (primary N) is 1. The first-order valence-electron chi connectivity index (χ1n) is 6.18.